The van der Waals surface area contributed by atoms with Gasteiger partial charge in [-0.15, -0.1) is 0 Å². The summed E-state index contributed by atoms with van der Waals surface area (Å²) >= 11 is 0. The van der Waals surface area contributed by atoms with E-state index in [0.29, 0.717) is 0 Å². The van der Waals surface area contributed by atoms with Crippen LogP contribution in [-0.2, 0) is 108 Å². The number of aliphatic hydroxyl groups is 4. The first-order valence-electron chi connectivity index (χ1n) is 15.8. The minimum atomic E-state index is -6.09. The van der Waals surface area contributed by atoms with Gasteiger partial charge in [0.2, 0.25) is 31.2 Å². The third-order valence-electron chi connectivity index (χ3n) is 7.91. The van der Waals surface area contributed by atoms with Crippen LogP contribution in [0.3, 0.4) is 0 Å². The van der Waals surface area contributed by atoms with Crippen LogP contribution in [0.2, 0.25) is 0 Å². The number of carbonyl (C=O) groups is 1. The van der Waals surface area contributed by atoms with Crippen LogP contribution in [0, 0.1) is 0 Å². The number of nitrogens with one attached hydrogen (secondary N) is 3. The molecule has 3 aliphatic heterocycles. The maximum Gasteiger partial charge on any atom is 1.00 e. The molecule has 0 saturated carbocycles. The SMILES string of the molecule is O=C([O-])[C@H]1O[C@@H](O[C@H]2[C@H](O)[C@@H](NS(=O)(=O)[O-])[C@@H](OCCNS(=O)(=O)[O-])O[C@@H]2COS(=O)(=O)[O-])[C@H](O)[C@@H](O)[C@@H]1O[C@H]1O[C@H](COS(=O)(=O)[O-])[C@@H](O)[C@H](OS(=O)(=O)[O-])[C@H]1NS(=O)(=O)[O-].[Na+].[Na+].[Na+].[Na+].[Na+].[Na+].[Na+]. The number of aliphatic hydroxyl groups excluding tert-OH is 4. The maximum atomic E-state index is 12.3. The van der Waals surface area contributed by atoms with Gasteiger partial charge in [0.05, 0.1) is 25.8 Å². The Balaban J connectivity index is -0.00000195. The smallest absolute Gasteiger partial charge is 0.735 e. The third-order valence-corrected chi connectivity index (χ3v) is 10.9. The van der Waals surface area contributed by atoms with Crippen LogP contribution < -0.4 is 226 Å². The van der Waals surface area contributed by atoms with Crippen molar-refractivity contribution >= 4 is 68.1 Å². The van der Waals surface area contributed by atoms with Gasteiger partial charge in [-0.1, -0.05) is 0 Å². The average Bonchev–Trinajstić information content (AvgIpc) is 3.07. The molecule has 3 saturated heterocycles. The van der Waals surface area contributed by atoms with Crippen LogP contribution in [0.5, 0.6) is 0 Å². The summed E-state index contributed by atoms with van der Waals surface area (Å²) in [4.78, 5) is 12.3. The first kappa shape index (κ1) is 83.1. The van der Waals surface area contributed by atoms with Gasteiger partial charge in [0.15, 0.2) is 49.8 Å². The van der Waals surface area contributed by atoms with Crippen molar-refractivity contribution in [2.24, 2.45) is 0 Å². The van der Waals surface area contributed by atoms with Crippen molar-refractivity contribution < 1.29 is 356 Å². The van der Waals surface area contributed by atoms with Crippen LogP contribution >= 0.6 is 0 Å². The molecule has 3 fully saturated rings. The average molecular weight is 1190 g/mol. The number of rotatable bonds is 22. The van der Waals surface area contributed by atoms with Gasteiger partial charge in [-0.2, -0.15) is 0 Å². The predicted octanol–water partition coefficient (Wildman–Crippen LogP) is -34.1. The molecule has 36 nitrogen and oxygen atoms in total. The normalized spacial score (nSPS) is 32.1. The van der Waals surface area contributed by atoms with E-state index < -0.39 is 186 Å². The number of hydrogen-bond donors (Lipinski definition) is 7. The second-order valence-corrected chi connectivity index (χ2v) is 18.9. The van der Waals surface area contributed by atoms with Gasteiger partial charge in [0, 0.05) is 6.54 Å². The van der Waals surface area contributed by atoms with Crippen molar-refractivity contribution in [3.63, 3.8) is 0 Å². The van der Waals surface area contributed by atoms with Crippen molar-refractivity contribution in [2.75, 3.05) is 26.4 Å². The summed E-state index contributed by atoms with van der Waals surface area (Å²) < 4.78 is 250. The molecule has 0 unspecified atom stereocenters. The molecule has 69 heavy (non-hydrogen) atoms. The van der Waals surface area contributed by atoms with Gasteiger partial charge < -0.3 is 86.1 Å². The first-order valence-corrected chi connectivity index (χ1v) is 24.0. The molecule has 0 bridgehead atoms. The standard InChI is InChI=1S/C20H37N3O33S6.7Na/c24-9-5(3-49-60(39,40)41)51-19(8(23-59(36,37)38)14(9)56-62(45,46)47)54-15-11(26)12(27)20(55-16(15)17(28)29)53-13-6(4-50-61(42,43)44)52-18(48-2-1-21-57(30,31)32)7(10(13)25)22-58(33,34)35;;;;;;;/h5-16,18-27H,1-4H2,(H,28,29)(H,30,31,32)(H,33,34,35)(H,36,37,38)(H,39,40,41)(H,42,43,44)(H,45,46,47);;;;;;;/q;7*+1/p-7/t5-,6-,7-,8-,9-,10-,11-,12-,13-,14-,15+,16+,18+,19-,20-;;;;;;;/m1......./s1. The molecule has 0 aliphatic carbocycles. The minimum Gasteiger partial charge on any atom is -0.735 e. The molecule has 49 heteroatoms. The molecule has 3 aliphatic rings. The van der Waals surface area contributed by atoms with Gasteiger partial charge in [0.25, 0.3) is 0 Å². The number of hydrogen-bond acceptors (Lipinski definition) is 33. The van der Waals surface area contributed by atoms with E-state index in [9.17, 15) is 108 Å². The Morgan fingerprint density at radius 2 is 0.957 bits per heavy atom. The summed E-state index contributed by atoms with van der Waals surface area (Å²) in [5.74, 6) is -2.53. The van der Waals surface area contributed by atoms with E-state index in [4.69, 9.17) is 28.4 Å². The monoisotopic (exact) mass is 1190 g/mol. The van der Waals surface area contributed by atoms with Crippen LogP contribution in [0.1, 0.15) is 0 Å². The minimum absolute atomic E-state index is 0. The van der Waals surface area contributed by atoms with Crippen molar-refractivity contribution in [1.29, 1.82) is 0 Å². The Hall–Kier alpha value is 5.29. The molecule has 3 rings (SSSR count). The molecule has 3 heterocycles. The molecular weight excluding hydrogens is 1160 g/mol. The zero-order chi connectivity index (χ0) is 47.6. The van der Waals surface area contributed by atoms with Crippen LogP contribution in [-0.4, -0.2) is 223 Å². The Bertz CT molecular complexity index is 2260. The fraction of sp³-hybridized carbons (Fsp3) is 0.950. The van der Waals surface area contributed by atoms with E-state index in [1.165, 1.54) is 9.44 Å². The predicted molar refractivity (Wildman–Crippen MR) is 168 cm³/mol. The van der Waals surface area contributed by atoms with Gasteiger partial charge >= 0.3 is 207 Å². The van der Waals surface area contributed by atoms with E-state index in [1.54, 1.807) is 0 Å². The second-order valence-electron chi connectivity index (χ2n) is 12.3. The topological polar surface area (TPSA) is 583 Å². The molecule has 0 amide bonds. The number of carbonyl (C=O) groups excluding carboxylic acids is 1. The zero-order valence-electron chi connectivity index (χ0n) is 36.6. The van der Waals surface area contributed by atoms with E-state index in [1.807, 2.05) is 0 Å². The fourth-order valence-electron chi connectivity index (χ4n) is 5.61. The molecule has 0 spiro atoms. The molecule has 7 N–H and O–H groups in total. The second kappa shape index (κ2) is 34.5. The van der Waals surface area contributed by atoms with Crippen molar-refractivity contribution in [2.45, 2.75) is 92.0 Å². The summed E-state index contributed by atoms with van der Waals surface area (Å²) in [7, 11) is -34.3. The van der Waals surface area contributed by atoms with Crippen LogP contribution in [0.25, 0.3) is 0 Å². The van der Waals surface area contributed by atoms with E-state index in [2.05, 4.69) is 12.5 Å². The molecule has 0 aromatic heterocycles. The quantitative estimate of drug-likeness (QED) is 0.0229. The molecule has 0 aromatic carbocycles. The number of aliphatic carboxylic acids is 1. The van der Waals surface area contributed by atoms with E-state index in [0.717, 1.165) is 4.72 Å². The fourth-order valence-corrected chi connectivity index (χ4v) is 8.22. The Morgan fingerprint density at radius 1 is 0.507 bits per heavy atom. The van der Waals surface area contributed by atoms with Gasteiger partial charge in [-0.3, -0.25) is 12.5 Å². The van der Waals surface area contributed by atoms with Gasteiger partial charge in [-0.05, 0) is 0 Å². The Morgan fingerprint density at radius 3 is 1.39 bits per heavy atom. The van der Waals surface area contributed by atoms with Crippen molar-refractivity contribution in [1.82, 2.24) is 14.2 Å². The number of carboxylic acid groups (broad SMARTS) is 1. The maximum absolute atomic E-state index is 12.3. The van der Waals surface area contributed by atoms with Crippen LogP contribution in [0.15, 0.2) is 0 Å². The Labute approximate surface area is 547 Å². The van der Waals surface area contributed by atoms with E-state index >= 15 is 0 Å². The molecule has 15 atom stereocenters. The van der Waals surface area contributed by atoms with Crippen LogP contribution in [0.4, 0.5) is 0 Å². The summed E-state index contributed by atoms with van der Waals surface area (Å²) in [5.41, 5.74) is 0. The molecule has 0 radical (unpaired) electrons. The van der Waals surface area contributed by atoms with Gasteiger partial charge in [-0.25, -0.2) is 64.7 Å². The molecule has 0 aromatic rings. The summed E-state index contributed by atoms with van der Waals surface area (Å²) in [6, 6.07) is -5.28. The molecular formula is C20H30N3Na7O33S6. The van der Waals surface area contributed by atoms with Crippen molar-refractivity contribution in [3.05, 3.63) is 0 Å². The summed E-state index contributed by atoms with van der Waals surface area (Å²) in [6.07, 6.45) is -35.1. The third kappa shape index (κ3) is 29.5. The zero-order valence-corrected chi connectivity index (χ0v) is 55.5. The number of carboxylic acids is 1. The summed E-state index contributed by atoms with van der Waals surface area (Å²) in [6.45, 7) is -5.08. The van der Waals surface area contributed by atoms with Crippen molar-refractivity contribution in [3.8, 4) is 0 Å². The largest absolute Gasteiger partial charge is 1.00 e. The molecule has 366 valence electrons. The first-order chi connectivity index (χ1) is 28.0. The van der Waals surface area contributed by atoms with E-state index in [-0.39, 0.29) is 207 Å². The van der Waals surface area contributed by atoms with Gasteiger partial charge in [0.1, 0.15) is 73.1 Å². The number of ether oxygens (including phenoxy) is 6. The summed E-state index contributed by atoms with van der Waals surface area (Å²) in [5, 5.41) is 56.0. The Kier molecular flexibility index (Phi) is 41.6.